The Kier molecular flexibility index (Phi) is 6.32. The summed E-state index contributed by atoms with van der Waals surface area (Å²) in [6.45, 7) is 4.40. The third kappa shape index (κ3) is 4.33. The van der Waals surface area contributed by atoms with Gasteiger partial charge in [-0.2, -0.15) is 4.31 Å². The Morgan fingerprint density at radius 3 is 2.65 bits per heavy atom. The van der Waals surface area contributed by atoms with Gasteiger partial charge in [-0.25, -0.2) is 18.2 Å². The molecular weight excluding hydrogens is 458 g/mol. The molecule has 2 aromatic heterocycles. The summed E-state index contributed by atoms with van der Waals surface area (Å²) in [6.07, 6.45) is 0. The van der Waals surface area contributed by atoms with E-state index in [1.165, 1.54) is 22.9 Å². The number of ether oxygens (including phenoxy) is 1. The Bertz CT molecular complexity index is 1230. The molecule has 0 spiro atoms. The number of aromatic nitrogens is 1. The number of carbonyl (C=O) groups is 1. The fourth-order valence-corrected chi connectivity index (χ4v) is 6.59. The summed E-state index contributed by atoms with van der Waals surface area (Å²) < 4.78 is 32.2. The first-order valence-corrected chi connectivity index (χ1v) is 12.4. The molecule has 0 atom stereocenters. The van der Waals surface area contributed by atoms with Gasteiger partial charge >= 0.3 is 5.97 Å². The van der Waals surface area contributed by atoms with Crippen molar-refractivity contribution in [1.82, 2.24) is 14.2 Å². The van der Waals surface area contributed by atoms with Crippen LogP contribution in [0.3, 0.4) is 0 Å². The average molecular weight is 480 g/mol. The number of hydrogen-bond donors (Lipinski definition) is 0. The highest BCUT2D eigenvalue weighted by Crippen LogP contribution is 2.29. The Hall–Kier alpha value is -2.04. The molecule has 31 heavy (non-hydrogen) atoms. The number of rotatable bonds is 5. The lowest BCUT2D eigenvalue weighted by molar-refractivity contribution is 0.0601. The van der Waals surface area contributed by atoms with E-state index >= 15 is 0 Å². The number of aryl methyl sites for hydroxylation is 1. The van der Waals surface area contributed by atoms with Gasteiger partial charge in [0, 0.05) is 43.5 Å². The normalized spacial score (nSPS) is 16.0. The highest BCUT2D eigenvalue weighted by molar-refractivity contribution is 7.91. The molecule has 7 nitrogen and oxygen atoms in total. The van der Waals surface area contributed by atoms with Crippen molar-refractivity contribution in [2.45, 2.75) is 17.7 Å². The lowest BCUT2D eigenvalue weighted by atomic mass is 10.1. The molecule has 10 heteroatoms. The van der Waals surface area contributed by atoms with Crippen molar-refractivity contribution < 1.29 is 17.9 Å². The smallest absolute Gasteiger partial charge is 0.338 e. The maximum atomic E-state index is 13.0. The number of hydrogen-bond acceptors (Lipinski definition) is 7. The van der Waals surface area contributed by atoms with Crippen LogP contribution in [0, 0.1) is 6.92 Å². The van der Waals surface area contributed by atoms with Crippen LogP contribution in [0.15, 0.2) is 39.9 Å². The van der Waals surface area contributed by atoms with Gasteiger partial charge in [-0.05, 0) is 24.6 Å². The van der Waals surface area contributed by atoms with Crippen LogP contribution in [0.25, 0.3) is 10.9 Å². The molecule has 164 valence electrons. The molecule has 1 aromatic carbocycles. The van der Waals surface area contributed by atoms with Crippen LogP contribution >= 0.6 is 22.9 Å². The highest BCUT2D eigenvalue weighted by atomic mass is 35.5. The zero-order chi connectivity index (χ0) is 22.2. The Labute approximate surface area is 190 Å². The molecule has 0 radical (unpaired) electrons. The maximum absolute atomic E-state index is 13.0. The summed E-state index contributed by atoms with van der Waals surface area (Å²) in [4.78, 5) is 18.5. The van der Waals surface area contributed by atoms with Gasteiger partial charge in [0.25, 0.3) is 10.0 Å². The minimum absolute atomic E-state index is 0.149. The van der Waals surface area contributed by atoms with Crippen LogP contribution in [0.4, 0.5) is 0 Å². The van der Waals surface area contributed by atoms with Crippen LogP contribution in [-0.2, 0) is 21.3 Å². The number of nitrogens with zero attached hydrogens (tertiary/aromatic N) is 3. The van der Waals surface area contributed by atoms with Crippen LogP contribution < -0.4 is 0 Å². The summed E-state index contributed by atoms with van der Waals surface area (Å²) >= 11 is 7.61. The molecule has 0 aliphatic carbocycles. The third-order valence-corrected chi connectivity index (χ3v) is 9.26. The van der Waals surface area contributed by atoms with Crippen molar-refractivity contribution in [3.05, 3.63) is 57.6 Å². The molecule has 1 saturated heterocycles. The average Bonchev–Trinajstić information content (AvgIpc) is 3.28. The van der Waals surface area contributed by atoms with Gasteiger partial charge in [-0.15, -0.1) is 11.3 Å². The second kappa shape index (κ2) is 8.84. The topological polar surface area (TPSA) is 79.8 Å². The van der Waals surface area contributed by atoms with Crippen molar-refractivity contribution in [3.8, 4) is 0 Å². The lowest BCUT2D eigenvalue weighted by Crippen LogP contribution is -2.48. The van der Waals surface area contributed by atoms with Gasteiger partial charge in [-0.1, -0.05) is 29.8 Å². The maximum Gasteiger partial charge on any atom is 0.338 e. The first-order chi connectivity index (χ1) is 14.8. The molecule has 1 aliphatic heterocycles. The van der Waals surface area contributed by atoms with E-state index in [2.05, 4.69) is 9.64 Å². The van der Waals surface area contributed by atoms with E-state index in [0.717, 1.165) is 33.5 Å². The number of piperazine rings is 1. The molecule has 4 rings (SSSR count). The first-order valence-electron chi connectivity index (χ1n) is 9.74. The Balaban J connectivity index is 1.45. The lowest BCUT2D eigenvalue weighted by Gasteiger charge is -2.33. The van der Waals surface area contributed by atoms with E-state index in [9.17, 15) is 13.2 Å². The number of pyridine rings is 1. The van der Waals surface area contributed by atoms with Crippen LogP contribution in [0.2, 0.25) is 5.02 Å². The molecule has 3 heterocycles. The number of fused-ring (bicyclic) bond motifs is 1. The minimum atomic E-state index is -3.65. The van der Waals surface area contributed by atoms with Crippen molar-refractivity contribution in [2.75, 3.05) is 33.3 Å². The van der Waals surface area contributed by atoms with Gasteiger partial charge in [0.05, 0.1) is 28.9 Å². The van der Waals surface area contributed by atoms with E-state index in [1.807, 2.05) is 31.2 Å². The zero-order valence-electron chi connectivity index (χ0n) is 17.2. The number of para-hydroxylation sites is 1. The van der Waals surface area contributed by atoms with Gasteiger partial charge in [0.1, 0.15) is 4.21 Å². The van der Waals surface area contributed by atoms with Gasteiger partial charge in [0.2, 0.25) is 0 Å². The quantitative estimate of drug-likeness (QED) is 0.521. The van der Waals surface area contributed by atoms with Crippen molar-refractivity contribution >= 4 is 49.8 Å². The largest absolute Gasteiger partial charge is 0.465 e. The first kappa shape index (κ1) is 22.2. The molecule has 1 aliphatic rings. The minimum Gasteiger partial charge on any atom is -0.465 e. The van der Waals surface area contributed by atoms with Crippen molar-refractivity contribution in [2.24, 2.45) is 0 Å². The summed E-state index contributed by atoms with van der Waals surface area (Å²) in [6, 6.07) is 9.27. The van der Waals surface area contributed by atoms with E-state index in [0.29, 0.717) is 37.7 Å². The summed E-state index contributed by atoms with van der Waals surface area (Å²) in [5.41, 5.74) is 2.95. The predicted molar refractivity (Wildman–Crippen MR) is 121 cm³/mol. The monoisotopic (exact) mass is 479 g/mol. The number of esters is 1. The SMILES string of the molecule is COC(=O)c1csc(S(=O)(=O)N2CCN(Cc3nc4ccccc4c(C)c3Cl)CC2)c1. The van der Waals surface area contributed by atoms with E-state index in [1.54, 1.807) is 0 Å². The van der Waals surface area contributed by atoms with E-state index in [-0.39, 0.29) is 9.77 Å². The Morgan fingerprint density at radius 1 is 1.23 bits per heavy atom. The molecule has 0 saturated carbocycles. The van der Waals surface area contributed by atoms with E-state index < -0.39 is 16.0 Å². The predicted octanol–water partition coefficient (Wildman–Crippen LogP) is 3.55. The number of benzene rings is 1. The van der Waals surface area contributed by atoms with Crippen LogP contribution in [-0.4, -0.2) is 61.9 Å². The number of sulfonamides is 1. The van der Waals surface area contributed by atoms with Crippen molar-refractivity contribution in [3.63, 3.8) is 0 Å². The molecule has 1 fully saturated rings. The highest BCUT2D eigenvalue weighted by Gasteiger charge is 2.30. The van der Waals surface area contributed by atoms with Gasteiger partial charge in [-0.3, -0.25) is 4.90 Å². The number of methoxy groups -OCH3 is 1. The molecular formula is C21H22ClN3O4S2. The summed E-state index contributed by atoms with van der Waals surface area (Å²) in [5.74, 6) is -0.544. The fraction of sp³-hybridized carbons (Fsp3) is 0.333. The van der Waals surface area contributed by atoms with Crippen LogP contribution in [0.1, 0.15) is 21.6 Å². The summed E-state index contributed by atoms with van der Waals surface area (Å²) in [7, 11) is -2.38. The fourth-order valence-electron chi connectivity index (χ4n) is 3.67. The molecule has 0 unspecified atom stereocenters. The number of halogens is 1. The van der Waals surface area contributed by atoms with Crippen LogP contribution in [0.5, 0.6) is 0 Å². The second-order valence-electron chi connectivity index (χ2n) is 7.34. The van der Waals surface area contributed by atoms with Gasteiger partial charge < -0.3 is 4.74 Å². The van der Waals surface area contributed by atoms with Gasteiger partial charge in [0.15, 0.2) is 0 Å². The zero-order valence-corrected chi connectivity index (χ0v) is 19.6. The molecule has 0 amide bonds. The van der Waals surface area contributed by atoms with Crippen molar-refractivity contribution in [1.29, 1.82) is 0 Å². The second-order valence-corrected chi connectivity index (χ2v) is 10.8. The molecule has 3 aromatic rings. The number of carbonyl (C=O) groups excluding carboxylic acids is 1. The third-order valence-electron chi connectivity index (χ3n) is 5.44. The van der Waals surface area contributed by atoms with E-state index in [4.69, 9.17) is 16.6 Å². The Morgan fingerprint density at radius 2 is 1.94 bits per heavy atom. The summed E-state index contributed by atoms with van der Waals surface area (Å²) in [5, 5.41) is 3.20. The number of thiophene rings is 1. The molecule has 0 bridgehead atoms. The molecule has 0 N–H and O–H groups in total. The standard InChI is InChI=1S/C21H22ClN3O4S2/c1-14-16-5-3-4-6-17(16)23-18(20(14)22)12-24-7-9-25(10-8-24)31(27,28)19-11-15(13-30-19)21(26)29-2/h3-6,11,13H,7-10,12H2,1-2H3.